The molecule has 1 aliphatic heterocycles. The Morgan fingerprint density at radius 3 is 0.920 bits per heavy atom. The molecule has 1 fully saturated rings. The van der Waals surface area contributed by atoms with Gasteiger partial charge in [-0.2, -0.15) is 0 Å². The van der Waals surface area contributed by atoms with Crippen molar-refractivity contribution in [2.45, 2.75) is 138 Å². The summed E-state index contributed by atoms with van der Waals surface area (Å²) in [5.74, 6) is -3.22. The number of rotatable bonds is 31. The van der Waals surface area contributed by atoms with E-state index in [1.807, 2.05) is 121 Å². The summed E-state index contributed by atoms with van der Waals surface area (Å²) >= 11 is 3.23. The molecule has 26 nitrogen and oxygen atoms in total. The first-order chi connectivity index (χ1) is 64.5. The Balaban J connectivity index is 0.000000272. The summed E-state index contributed by atoms with van der Waals surface area (Å²) < 4.78 is 134. The number of benzene rings is 8. The van der Waals surface area contributed by atoms with Crippen molar-refractivity contribution in [1.82, 2.24) is 62.7 Å². The van der Waals surface area contributed by atoms with Gasteiger partial charge >= 0.3 is 22.8 Å². The van der Waals surface area contributed by atoms with Crippen molar-refractivity contribution >= 4 is 45.5 Å². The zero-order valence-corrected chi connectivity index (χ0v) is 79.8. The maximum Gasteiger partial charge on any atom is 0.331 e. The fraction of sp³-hybridized carbons (Fsp3) is 0.297. The first-order valence-corrected chi connectivity index (χ1v) is 43.7. The van der Waals surface area contributed by atoms with Crippen LogP contribution in [-0.2, 0) is 61.8 Å². The van der Waals surface area contributed by atoms with Gasteiger partial charge in [-0.1, -0.05) is 166 Å². The van der Waals surface area contributed by atoms with E-state index in [4.69, 9.17) is 14.7 Å². The summed E-state index contributed by atoms with van der Waals surface area (Å²) in [6.07, 6.45) is 5.26. The summed E-state index contributed by atoms with van der Waals surface area (Å²) in [6, 6.07) is 50.0. The second-order valence-electron chi connectivity index (χ2n) is 31.3. The van der Waals surface area contributed by atoms with Gasteiger partial charge in [-0.25, -0.2) is 60.2 Å². The van der Waals surface area contributed by atoms with E-state index in [1.165, 1.54) is 76.9 Å². The zero-order chi connectivity index (χ0) is 99.2. The predicted octanol–water partition coefficient (Wildman–Crippen LogP) is 14.7. The van der Waals surface area contributed by atoms with Gasteiger partial charge in [0.2, 0.25) is 0 Å². The zero-order valence-electron chi connectivity index (χ0n) is 77.4. The number of aromatic nitrogens is 8. The molecule has 0 bridgehead atoms. The number of allylic oxidation sites excluding steroid dienone is 2. The van der Waals surface area contributed by atoms with Gasteiger partial charge in [-0.3, -0.25) is 60.5 Å². The summed E-state index contributed by atoms with van der Waals surface area (Å²) in [4.78, 5) is 121. The van der Waals surface area contributed by atoms with E-state index < -0.39 is 110 Å². The first-order valence-electron chi connectivity index (χ1n) is 42.9. The highest BCUT2D eigenvalue weighted by molar-refractivity contribution is 9.10. The Morgan fingerprint density at radius 2 is 0.672 bits per heavy atom. The lowest BCUT2D eigenvalue weighted by molar-refractivity contribution is 0.104. The number of halogens is 10. The van der Waals surface area contributed by atoms with Crippen LogP contribution in [0.5, 0.6) is 0 Å². The number of carbonyl (C=O) groups is 1. The third-order valence-electron chi connectivity index (χ3n) is 22.5. The number of nitrogens with zero attached hydrogens (tertiary/aromatic N) is 9. The van der Waals surface area contributed by atoms with Crippen molar-refractivity contribution in [1.29, 1.82) is 0 Å². The number of nitrogens with one attached hydrogen (secondary N) is 4. The molecule has 1 aliphatic rings. The van der Waals surface area contributed by atoms with E-state index in [0.29, 0.717) is 17.0 Å². The molecule has 7 N–H and O–H groups in total. The molecular formula is C101H116BrClF8N14O12. The minimum absolute atomic E-state index is 0. The Hall–Kier alpha value is -13.1. The topological polar surface area (TPSA) is 309 Å². The van der Waals surface area contributed by atoms with Gasteiger partial charge in [0.15, 0.2) is 5.78 Å². The number of hydrogen-bond donors (Lipinski definition) is 6. The third-order valence-corrected chi connectivity index (χ3v) is 23.4. The SMILES string of the molecule is C.C1CCOC1.C=C(C)c1c(C)n(Cc2c(F)cccc2F)c(=O)n(C[C@H](NC)c2ccccc2)c1=O.C=C(OCC)c1c(C)n(Cc2c(F)cccc2F)c(=O)n(C[C@H](NC)c2ccccc2)c1=O.CN[C@@H](Cn1c(=O)c(Br)c(C)n(Cc2c(F)cccc2F)c1=O)c1ccccc1.CN[C@@H](Cn1c(=O)c(C(=O)/C=C/N(C)C)c(C)n(Cc2c(F)cccc2F)c1=O)c1ccccc1.Cl.NO. The molecule has 0 amide bonds. The summed E-state index contributed by atoms with van der Waals surface area (Å²) in [5.41, 5.74) is -1.08. The standard InChI is InChI=1S/C26H28F2N4O3.C25H27F2N3O3.C24H25F2N3O2.C21H20BrF2N3O2.C4H8O.CH4.ClH.H3NO/c1-17-24(23(33)13-14-30(3)4)25(34)32(16-22(29-2)18-9-6-5-7-10-18)26(35)31(17)15-19-20(27)11-8-12-21(19)28;1-5-33-17(3)23-16(2)29(14-19-20(26)12-9-13-21(19)27)25(32)30(24(23)31)15-22(28-4)18-10-7-6-8-11-18;1-15(2)22-16(3)28(13-18-19(25)11-8-12-20(18)26)24(31)29(23(22)30)14-21(27-4)17-9-6-5-7-10-17;1-13-19(22)20(28)27(12-18(25-2)14-7-4-3-5-8-14)21(29)26(13)11-15-16(23)9-6-10-17(15)24;1-2-4-5-3-1;;;1-2/h5-14,22,29H,15-16H2,1-4H3;6-13,22,28H,3,5,14-15H2,1-2,4H3;5-12,21,27H,1,13-14H2,2-4H3;3-10,18,25H,11-12H2,1-2H3;1-4H2;1H4;1H;2H,1H2/b14-13+;;;;;;;/t2*22-;21-;18-;;;;/m0000..../s1. The van der Waals surface area contributed by atoms with Crippen LogP contribution < -0.4 is 72.2 Å². The number of likely N-dealkylation sites (N-methyl/N-ethyl adjacent to an activating group) is 4. The van der Waals surface area contributed by atoms with E-state index in [9.17, 15) is 78.3 Å². The quantitative estimate of drug-likeness (QED) is 0.00773. The molecule has 732 valence electrons. The minimum atomic E-state index is -0.827. The largest absolute Gasteiger partial charge is 0.494 e. The van der Waals surface area contributed by atoms with Gasteiger partial charge in [-0.15, -0.1) is 12.4 Å². The van der Waals surface area contributed by atoms with Crippen LogP contribution in [0.25, 0.3) is 11.3 Å². The van der Waals surface area contributed by atoms with Crippen LogP contribution in [0.3, 0.4) is 0 Å². The molecule has 12 aromatic rings. The van der Waals surface area contributed by atoms with Crippen molar-refractivity contribution in [3.63, 3.8) is 0 Å². The van der Waals surface area contributed by atoms with Crippen LogP contribution in [-0.4, -0.2) is 115 Å². The summed E-state index contributed by atoms with van der Waals surface area (Å²) in [7, 11) is 10.3. The van der Waals surface area contributed by atoms with Crippen LogP contribution in [0.1, 0.15) is 147 Å². The fourth-order valence-corrected chi connectivity index (χ4v) is 15.4. The van der Waals surface area contributed by atoms with Gasteiger partial charge in [0, 0.05) is 84.6 Å². The molecule has 4 aromatic heterocycles. The number of nitrogens with two attached hydrogens (primary N) is 1. The van der Waals surface area contributed by atoms with E-state index in [1.54, 1.807) is 74.9 Å². The Labute approximate surface area is 802 Å². The lowest BCUT2D eigenvalue weighted by Crippen LogP contribution is -2.46. The number of hydrogen-bond acceptors (Lipinski definition) is 18. The molecule has 0 saturated carbocycles. The molecule has 0 radical (unpaired) electrons. The second-order valence-corrected chi connectivity index (χ2v) is 32.1. The Bertz CT molecular complexity index is 6600. The molecule has 0 aliphatic carbocycles. The predicted molar refractivity (Wildman–Crippen MR) is 524 cm³/mol. The number of ketones is 1. The summed E-state index contributed by atoms with van der Waals surface area (Å²) in [5, 5.41) is 18.9. The molecule has 137 heavy (non-hydrogen) atoms. The van der Waals surface area contributed by atoms with Crippen molar-refractivity contribution in [2.24, 2.45) is 5.90 Å². The third kappa shape index (κ3) is 28.3. The highest BCUT2D eigenvalue weighted by Crippen LogP contribution is 2.26. The molecule has 8 aromatic carbocycles. The maximum atomic E-state index is 14.4. The normalized spacial score (nSPS) is 12.2. The van der Waals surface area contributed by atoms with Crippen LogP contribution >= 0.6 is 28.3 Å². The molecule has 5 heterocycles. The minimum Gasteiger partial charge on any atom is -0.494 e. The van der Waals surface area contributed by atoms with Crippen LogP contribution in [0, 0.1) is 74.2 Å². The van der Waals surface area contributed by atoms with Gasteiger partial charge < -0.3 is 40.8 Å². The van der Waals surface area contributed by atoms with Crippen molar-refractivity contribution in [3.05, 3.63) is 438 Å². The van der Waals surface area contributed by atoms with E-state index in [-0.39, 0.29) is 151 Å². The van der Waals surface area contributed by atoms with Gasteiger partial charge in [-0.05, 0) is 175 Å². The lowest BCUT2D eigenvalue weighted by Gasteiger charge is -2.22. The smallest absolute Gasteiger partial charge is 0.331 e. The molecule has 36 heteroatoms. The molecular weight excluding hydrogens is 1870 g/mol. The fourth-order valence-electron chi connectivity index (χ4n) is 15.0. The molecule has 1 saturated heterocycles. The van der Waals surface area contributed by atoms with Crippen LogP contribution in [0.4, 0.5) is 35.1 Å². The molecule has 0 spiro atoms. The van der Waals surface area contributed by atoms with Crippen molar-refractivity contribution < 1.29 is 54.6 Å². The Kier molecular flexibility index (Phi) is 44.4. The van der Waals surface area contributed by atoms with Gasteiger partial charge in [0.1, 0.15) is 67.9 Å². The Morgan fingerprint density at radius 1 is 0.423 bits per heavy atom. The molecule has 13 rings (SSSR count). The number of carbonyl (C=O) groups excluding carboxylic acids is 1. The van der Waals surface area contributed by atoms with Crippen LogP contribution in [0.2, 0.25) is 0 Å². The average Bonchev–Trinajstić information content (AvgIpc) is 0.903. The maximum absolute atomic E-state index is 14.4. The van der Waals surface area contributed by atoms with E-state index >= 15 is 0 Å². The van der Waals surface area contributed by atoms with E-state index in [0.717, 1.165) is 107 Å². The van der Waals surface area contributed by atoms with Gasteiger partial charge in [0.05, 0.1) is 88.7 Å². The van der Waals surface area contributed by atoms with Crippen molar-refractivity contribution in [3.8, 4) is 0 Å². The highest BCUT2D eigenvalue weighted by Gasteiger charge is 2.29. The lowest BCUT2D eigenvalue weighted by atomic mass is 10.1. The second kappa shape index (κ2) is 54.0. The van der Waals surface area contributed by atoms with Crippen LogP contribution in [0.15, 0.2) is 262 Å². The molecule has 0 unspecified atom stereocenters. The molecule has 4 atom stereocenters. The van der Waals surface area contributed by atoms with Crippen molar-refractivity contribution in [2.75, 3.05) is 62.1 Å². The summed E-state index contributed by atoms with van der Waals surface area (Å²) in [6.45, 7) is 18.0. The average molecular weight is 1990 g/mol. The monoisotopic (exact) mass is 1980 g/mol. The number of ether oxygens (including phenoxy) is 2. The highest BCUT2D eigenvalue weighted by atomic mass is 79.9. The first kappa shape index (κ1) is 113. The van der Waals surface area contributed by atoms with E-state index in [2.05, 4.69) is 56.3 Å². The van der Waals surface area contributed by atoms with Gasteiger partial charge in [0.25, 0.3) is 22.2 Å².